The molecule has 0 aromatic heterocycles. The normalized spacial score (nSPS) is 21.8. The molecular formula is C14H27N3O2S. The van der Waals surface area contributed by atoms with Gasteiger partial charge in [0, 0.05) is 44.1 Å². The van der Waals surface area contributed by atoms with Gasteiger partial charge >= 0.3 is 0 Å². The van der Waals surface area contributed by atoms with Crippen molar-refractivity contribution in [3.05, 3.63) is 0 Å². The second-order valence-corrected chi connectivity index (χ2v) is 6.60. The lowest BCUT2D eigenvalue weighted by molar-refractivity contribution is -0.122. The van der Waals surface area contributed by atoms with Crippen molar-refractivity contribution in [1.29, 1.82) is 0 Å². The fourth-order valence-electron chi connectivity index (χ4n) is 2.55. The number of ether oxygens (including phenoxy) is 1. The molecule has 0 bridgehead atoms. The molecule has 2 aliphatic heterocycles. The first-order chi connectivity index (χ1) is 9.84. The summed E-state index contributed by atoms with van der Waals surface area (Å²) < 4.78 is 5.74. The van der Waals surface area contributed by atoms with Crippen molar-refractivity contribution < 1.29 is 9.53 Å². The van der Waals surface area contributed by atoms with Crippen LogP contribution in [0.15, 0.2) is 0 Å². The third-order valence-electron chi connectivity index (χ3n) is 3.82. The quantitative estimate of drug-likeness (QED) is 0.709. The molecule has 0 unspecified atom stereocenters. The molecule has 2 fully saturated rings. The second kappa shape index (κ2) is 9.60. The average molecular weight is 301 g/mol. The maximum Gasteiger partial charge on any atom is 0.222 e. The van der Waals surface area contributed by atoms with Crippen LogP contribution in [0.5, 0.6) is 0 Å². The van der Waals surface area contributed by atoms with E-state index in [4.69, 9.17) is 4.74 Å². The fraction of sp³-hybridized carbons (Fsp3) is 0.929. The molecule has 5 nitrogen and oxygen atoms in total. The van der Waals surface area contributed by atoms with E-state index < -0.39 is 0 Å². The fourth-order valence-corrected chi connectivity index (χ4v) is 3.53. The smallest absolute Gasteiger partial charge is 0.222 e. The average Bonchev–Trinajstić information content (AvgIpc) is 2.49. The van der Waals surface area contributed by atoms with E-state index in [1.165, 1.54) is 11.5 Å². The van der Waals surface area contributed by atoms with Crippen LogP contribution in [0, 0.1) is 0 Å². The summed E-state index contributed by atoms with van der Waals surface area (Å²) in [6.45, 7) is 6.66. The number of hydrogen-bond donors (Lipinski definition) is 2. The zero-order chi connectivity index (χ0) is 14.0. The number of rotatable bonds is 7. The summed E-state index contributed by atoms with van der Waals surface area (Å²) in [6.07, 6.45) is 2.96. The Morgan fingerprint density at radius 2 is 2.05 bits per heavy atom. The van der Waals surface area contributed by atoms with Crippen molar-refractivity contribution in [1.82, 2.24) is 15.5 Å². The Labute approximate surface area is 126 Å². The largest absolute Gasteiger partial charge is 0.378 e. The lowest BCUT2D eigenvalue weighted by atomic mass is 10.1. The van der Waals surface area contributed by atoms with Gasteiger partial charge in [-0.25, -0.2) is 0 Å². The summed E-state index contributed by atoms with van der Waals surface area (Å²) in [7, 11) is 0. The SMILES string of the molecule is O=C(CCOC1CCNCC1)NCCN1CCSCC1. The maximum absolute atomic E-state index is 11.7. The molecular weight excluding hydrogens is 274 g/mol. The molecule has 0 saturated carbocycles. The van der Waals surface area contributed by atoms with Crippen molar-refractivity contribution >= 4 is 17.7 Å². The number of piperidine rings is 1. The van der Waals surface area contributed by atoms with Gasteiger partial charge in [-0.1, -0.05) is 0 Å². The number of thioether (sulfide) groups is 1. The van der Waals surface area contributed by atoms with Crippen LogP contribution in [0.4, 0.5) is 0 Å². The van der Waals surface area contributed by atoms with E-state index in [0.29, 0.717) is 19.1 Å². The highest BCUT2D eigenvalue weighted by Crippen LogP contribution is 2.08. The van der Waals surface area contributed by atoms with Gasteiger partial charge in [-0.05, 0) is 25.9 Å². The molecule has 2 N–H and O–H groups in total. The van der Waals surface area contributed by atoms with E-state index in [1.54, 1.807) is 0 Å². The highest BCUT2D eigenvalue weighted by atomic mass is 32.2. The standard InChI is InChI=1S/C14H27N3O2S/c18-14(3-10-19-13-1-4-15-5-2-13)16-6-7-17-8-11-20-12-9-17/h13,15H,1-12H2,(H,16,18). The van der Waals surface area contributed by atoms with Crippen LogP contribution in [0.1, 0.15) is 19.3 Å². The minimum absolute atomic E-state index is 0.116. The van der Waals surface area contributed by atoms with E-state index in [0.717, 1.165) is 52.1 Å². The van der Waals surface area contributed by atoms with Crippen LogP contribution in [0.2, 0.25) is 0 Å². The molecule has 2 rings (SSSR count). The summed E-state index contributed by atoms with van der Waals surface area (Å²) in [5, 5.41) is 6.30. The van der Waals surface area contributed by atoms with Gasteiger partial charge in [0.25, 0.3) is 0 Å². The van der Waals surface area contributed by atoms with Gasteiger partial charge in [-0.15, -0.1) is 0 Å². The van der Waals surface area contributed by atoms with Crippen molar-refractivity contribution in [2.45, 2.75) is 25.4 Å². The Hall–Kier alpha value is -0.300. The van der Waals surface area contributed by atoms with Gasteiger partial charge < -0.3 is 15.4 Å². The molecule has 2 heterocycles. The summed E-state index contributed by atoms with van der Waals surface area (Å²) in [6, 6.07) is 0. The Bertz CT molecular complexity index is 254. The third kappa shape index (κ3) is 6.43. The van der Waals surface area contributed by atoms with Crippen LogP contribution < -0.4 is 10.6 Å². The van der Waals surface area contributed by atoms with Gasteiger partial charge in [0.2, 0.25) is 5.91 Å². The highest BCUT2D eigenvalue weighted by molar-refractivity contribution is 7.99. The van der Waals surface area contributed by atoms with Crippen molar-refractivity contribution in [3.63, 3.8) is 0 Å². The molecule has 0 radical (unpaired) electrons. The number of nitrogens with one attached hydrogen (secondary N) is 2. The van der Waals surface area contributed by atoms with Gasteiger partial charge in [0.05, 0.1) is 12.7 Å². The number of nitrogens with zero attached hydrogens (tertiary/aromatic N) is 1. The summed E-state index contributed by atoms with van der Waals surface area (Å²) in [5.41, 5.74) is 0. The van der Waals surface area contributed by atoms with Crippen LogP contribution in [-0.2, 0) is 9.53 Å². The summed E-state index contributed by atoms with van der Waals surface area (Å²) >= 11 is 2.01. The number of carbonyl (C=O) groups is 1. The molecule has 1 amide bonds. The van der Waals surface area contributed by atoms with E-state index in [9.17, 15) is 4.79 Å². The number of carbonyl (C=O) groups excluding carboxylic acids is 1. The zero-order valence-corrected chi connectivity index (χ0v) is 13.1. The molecule has 0 spiro atoms. The Kier molecular flexibility index (Phi) is 7.72. The molecule has 2 aliphatic rings. The van der Waals surface area contributed by atoms with E-state index in [2.05, 4.69) is 15.5 Å². The third-order valence-corrected chi connectivity index (χ3v) is 4.77. The van der Waals surface area contributed by atoms with Crippen molar-refractivity contribution in [2.24, 2.45) is 0 Å². The lowest BCUT2D eigenvalue weighted by Gasteiger charge is -2.26. The first-order valence-corrected chi connectivity index (χ1v) is 8.89. The van der Waals surface area contributed by atoms with Gasteiger partial charge in [0.15, 0.2) is 0 Å². The van der Waals surface area contributed by atoms with E-state index in [1.807, 2.05) is 11.8 Å². The van der Waals surface area contributed by atoms with Crippen molar-refractivity contribution in [2.75, 3.05) is 57.4 Å². The van der Waals surface area contributed by atoms with E-state index in [-0.39, 0.29) is 5.91 Å². The Morgan fingerprint density at radius 3 is 2.80 bits per heavy atom. The predicted molar refractivity (Wildman–Crippen MR) is 83.2 cm³/mol. The maximum atomic E-state index is 11.7. The van der Waals surface area contributed by atoms with Crippen LogP contribution in [0.3, 0.4) is 0 Å². The molecule has 20 heavy (non-hydrogen) atoms. The minimum Gasteiger partial charge on any atom is -0.378 e. The van der Waals surface area contributed by atoms with E-state index >= 15 is 0 Å². The van der Waals surface area contributed by atoms with Crippen LogP contribution in [-0.4, -0.2) is 74.3 Å². The monoisotopic (exact) mass is 301 g/mol. The minimum atomic E-state index is 0.116. The molecule has 0 aromatic rings. The van der Waals surface area contributed by atoms with Crippen LogP contribution >= 0.6 is 11.8 Å². The summed E-state index contributed by atoms with van der Waals surface area (Å²) in [4.78, 5) is 14.1. The Balaban J connectivity index is 1.45. The van der Waals surface area contributed by atoms with Gasteiger partial charge in [-0.3, -0.25) is 9.69 Å². The topological polar surface area (TPSA) is 53.6 Å². The molecule has 116 valence electrons. The number of amides is 1. The zero-order valence-electron chi connectivity index (χ0n) is 12.2. The molecule has 0 atom stereocenters. The first kappa shape index (κ1) is 16.1. The second-order valence-electron chi connectivity index (χ2n) is 5.37. The van der Waals surface area contributed by atoms with Crippen molar-refractivity contribution in [3.8, 4) is 0 Å². The molecule has 6 heteroatoms. The predicted octanol–water partition coefficient (Wildman–Crippen LogP) is 0.310. The first-order valence-electron chi connectivity index (χ1n) is 7.74. The number of hydrogen-bond acceptors (Lipinski definition) is 5. The molecule has 0 aromatic carbocycles. The van der Waals surface area contributed by atoms with Crippen LogP contribution in [0.25, 0.3) is 0 Å². The lowest BCUT2D eigenvalue weighted by Crippen LogP contribution is -2.39. The van der Waals surface area contributed by atoms with Gasteiger partial charge in [0.1, 0.15) is 0 Å². The highest BCUT2D eigenvalue weighted by Gasteiger charge is 2.14. The van der Waals surface area contributed by atoms with Gasteiger partial charge in [-0.2, -0.15) is 11.8 Å². The Morgan fingerprint density at radius 1 is 1.30 bits per heavy atom. The molecule has 2 saturated heterocycles. The summed E-state index contributed by atoms with van der Waals surface area (Å²) in [5.74, 6) is 2.56. The molecule has 0 aliphatic carbocycles.